The van der Waals surface area contributed by atoms with Crippen molar-refractivity contribution < 1.29 is 19.1 Å². The van der Waals surface area contributed by atoms with Gasteiger partial charge >= 0.3 is 7.60 Å². The molecule has 0 radical (unpaired) electrons. The van der Waals surface area contributed by atoms with E-state index in [0.717, 1.165) is 26.1 Å². The van der Waals surface area contributed by atoms with Gasteiger partial charge in [-0.1, -0.05) is 64.7 Å². The van der Waals surface area contributed by atoms with Gasteiger partial charge in [0.1, 0.15) is 0 Å². The SMILES string of the molecule is C1CCOC1.CCCCCCCCCCCCP(=O)(O)O. The van der Waals surface area contributed by atoms with Crippen LogP contribution in [0.2, 0.25) is 0 Å². The third-order valence-corrected chi connectivity index (χ3v) is 4.53. The first kappa shape index (κ1) is 21.1. The topological polar surface area (TPSA) is 66.8 Å². The molecule has 0 aromatic heterocycles. The molecule has 5 heteroatoms. The first-order valence-electron chi connectivity index (χ1n) is 8.68. The molecule has 0 aliphatic carbocycles. The lowest BCUT2D eigenvalue weighted by Crippen LogP contribution is -1.88. The summed E-state index contributed by atoms with van der Waals surface area (Å²) in [6.45, 7) is 4.22. The van der Waals surface area contributed by atoms with Crippen molar-refractivity contribution in [3.63, 3.8) is 0 Å². The minimum absolute atomic E-state index is 0.0590. The summed E-state index contributed by atoms with van der Waals surface area (Å²) in [5.74, 6) is 0. The number of hydrogen-bond acceptors (Lipinski definition) is 2. The highest BCUT2D eigenvalue weighted by Gasteiger charge is 2.10. The fraction of sp³-hybridized carbons (Fsp3) is 1.00. The summed E-state index contributed by atoms with van der Waals surface area (Å²) < 4.78 is 15.5. The smallest absolute Gasteiger partial charge is 0.325 e. The summed E-state index contributed by atoms with van der Waals surface area (Å²) in [4.78, 5) is 17.3. The minimum Gasteiger partial charge on any atom is -0.381 e. The lowest BCUT2D eigenvalue weighted by atomic mass is 10.1. The number of hydrogen-bond donors (Lipinski definition) is 2. The molecule has 1 aliphatic heterocycles. The van der Waals surface area contributed by atoms with Crippen LogP contribution in [0.25, 0.3) is 0 Å². The van der Waals surface area contributed by atoms with E-state index in [2.05, 4.69) is 6.92 Å². The molecule has 0 unspecified atom stereocenters. The normalized spacial score (nSPS) is 14.8. The molecule has 2 N–H and O–H groups in total. The van der Waals surface area contributed by atoms with Crippen LogP contribution in [-0.2, 0) is 9.30 Å². The van der Waals surface area contributed by atoms with Crippen molar-refractivity contribution in [1.29, 1.82) is 0 Å². The van der Waals surface area contributed by atoms with Gasteiger partial charge in [-0.2, -0.15) is 0 Å². The second kappa shape index (κ2) is 15.0. The van der Waals surface area contributed by atoms with Crippen LogP contribution < -0.4 is 0 Å². The lowest BCUT2D eigenvalue weighted by molar-refractivity contribution is 0.198. The van der Waals surface area contributed by atoms with E-state index in [-0.39, 0.29) is 6.16 Å². The van der Waals surface area contributed by atoms with Crippen LogP contribution in [0.1, 0.15) is 84.0 Å². The fourth-order valence-electron chi connectivity index (χ4n) is 2.32. The largest absolute Gasteiger partial charge is 0.381 e. The molecule has 0 aromatic carbocycles. The average molecular weight is 322 g/mol. The van der Waals surface area contributed by atoms with Crippen LogP contribution in [0.3, 0.4) is 0 Å². The van der Waals surface area contributed by atoms with Crippen molar-refractivity contribution in [2.45, 2.75) is 84.0 Å². The molecule has 1 saturated heterocycles. The standard InChI is InChI=1S/C12H27O3P.C4H8O/c1-2-3-4-5-6-7-8-9-10-11-12-16(13,14)15;1-2-4-5-3-1/h2-12H2,1H3,(H2,13,14,15);1-4H2. The highest BCUT2D eigenvalue weighted by atomic mass is 31.2. The zero-order chi connectivity index (χ0) is 15.8. The summed E-state index contributed by atoms with van der Waals surface area (Å²) in [5, 5.41) is 0. The summed E-state index contributed by atoms with van der Waals surface area (Å²) in [6, 6.07) is 0. The minimum atomic E-state index is -3.74. The number of rotatable bonds is 11. The molecule has 1 fully saturated rings. The van der Waals surface area contributed by atoms with Crippen LogP contribution in [-0.4, -0.2) is 29.2 Å². The average Bonchev–Trinajstić information content (AvgIpc) is 2.99. The number of unbranched alkanes of at least 4 members (excludes halogenated alkanes) is 9. The van der Waals surface area contributed by atoms with Gasteiger partial charge in [0.2, 0.25) is 0 Å². The van der Waals surface area contributed by atoms with E-state index >= 15 is 0 Å². The molecular formula is C16H35O4P. The molecule has 1 heterocycles. The predicted octanol–water partition coefficient (Wildman–Crippen LogP) is 4.88. The first-order valence-corrected chi connectivity index (χ1v) is 10.5. The van der Waals surface area contributed by atoms with Crippen LogP contribution in [0, 0.1) is 0 Å². The van der Waals surface area contributed by atoms with Crippen molar-refractivity contribution in [2.24, 2.45) is 0 Å². The van der Waals surface area contributed by atoms with Crippen LogP contribution >= 0.6 is 7.60 Å². The molecule has 0 spiro atoms. The highest BCUT2D eigenvalue weighted by molar-refractivity contribution is 7.51. The molecule has 0 bridgehead atoms. The molecule has 21 heavy (non-hydrogen) atoms. The first-order chi connectivity index (χ1) is 10.1. The third-order valence-electron chi connectivity index (χ3n) is 3.63. The van der Waals surface area contributed by atoms with Gasteiger partial charge in [-0.3, -0.25) is 4.57 Å². The Morgan fingerprint density at radius 1 is 0.810 bits per heavy atom. The van der Waals surface area contributed by atoms with E-state index < -0.39 is 7.60 Å². The predicted molar refractivity (Wildman–Crippen MR) is 88.8 cm³/mol. The van der Waals surface area contributed by atoms with Crippen LogP contribution in [0.5, 0.6) is 0 Å². The second-order valence-electron chi connectivity index (χ2n) is 5.89. The van der Waals surface area contributed by atoms with Crippen molar-refractivity contribution in [3.05, 3.63) is 0 Å². The van der Waals surface area contributed by atoms with Gasteiger partial charge in [0.15, 0.2) is 0 Å². The van der Waals surface area contributed by atoms with Crippen molar-refractivity contribution >= 4 is 7.60 Å². The maximum absolute atomic E-state index is 10.6. The number of ether oxygens (including phenoxy) is 1. The Balaban J connectivity index is 0.000000662. The Labute approximate surface area is 130 Å². The second-order valence-corrected chi connectivity index (χ2v) is 7.67. The Hall–Kier alpha value is 0.110. The zero-order valence-electron chi connectivity index (χ0n) is 13.8. The molecule has 0 aromatic rings. The van der Waals surface area contributed by atoms with Crippen molar-refractivity contribution in [1.82, 2.24) is 0 Å². The van der Waals surface area contributed by atoms with Crippen molar-refractivity contribution in [2.75, 3.05) is 19.4 Å². The van der Waals surface area contributed by atoms with Gasteiger partial charge in [0, 0.05) is 19.4 Å². The Bertz CT molecular complexity index is 241. The molecule has 1 rings (SSSR count). The Kier molecular flexibility index (Phi) is 15.1. The van der Waals surface area contributed by atoms with Gasteiger partial charge in [-0.15, -0.1) is 0 Å². The molecule has 128 valence electrons. The monoisotopic (exact) mass is 322 g/mol. The van der Waals surface area contributed by atoms with E-state index in [1.807, 2.05) is 0 Å². The quantitative estimate of drug-likeness (QED) is 0.420. The van der Waals surface area contributed by atoms with Gasteiger partial charge in [0.25, 0.3) is 0 Å². The van der Waals surface area contributed by atoms with Crippen molar-refractivity contribution in [3.8, 4) is 0 Å². The molecular weight excluding hydrogens is 287 g/mol. The molecule has 4 nitrogen and oxygen atoms in total. The van der Waals surface area contributed by atoms with Gasteiger partial charge in [0.05, 0.1) is 0 Å². The maximum Gasteiger partial charge on any atom is 0.325 e. The lowest BCUT2D eigenvalue weighted by Gasteiger charge is -2.03. The van der Waals surface area contributed by atoms with E-state index in [9.17, 15) is 4.57 Å². The van der Waals surface area contributed by atoms with E-state index in [0.29, 0.717) is 6.42 Å². The van der Waals surface area contributed by atoms with Crippen LogP contribution in [0.15, 0.2) is 0 Å². The van der Waals surface area contributed by atoms with E-state index in [1.54, 1.807) is 0 Å². The summed E-state index contributed by atoms with van der Waals surface area (Å²) in [6.07, 6.45) is 14.5. The Morgan fingerprint density at radius 3 is 1.57 bits per heavy atom. The molecule has 1 aliphatic rings. The van der Waals surface area contributed by atoms with E-state index in [4.69, 9.17) is 14.5 Å². The maximum atomic E-state index is 10.6. The zero-order valence-corrected chi connectivity index (χ0v) is 14.7. The third kappa shape index (κ3) is 20.1. The van der Waals surface area contributed by atoms with Crippen LogP contribution in [0.4, 0.5) is 0 Å². The van der Waals surface area contributed by atoms with E-state index in [1.165, 1.54) is 57.8 Å². The molecule has 0 saturated carbocycles. The summed E-state index contributed by atoms with van der Waals surface area (Å²) in [7, 11) is -3.74. The fourth-order valence-corrected chi connectivity index (χ4v) is 2.95. The summed E-state index contributed by atoms with van der Waals surface area (Å²) >= 11 is 0. The highest BCUT2D eigenvalue weighted by Crippen LogP contribution is 2.35. The Morgan fingerprint density at radius 2 is 1.24 bits per heavy atom. The molecule has 0 atom stereocenters. The van der Waals surface area contributed by atoms with Gasteiger partial charge < -0.3 is 14.5 Å². The molecule has 0 amide bonds. The van der Waals surface area contributed by atoms with Gasteiger partial charge in [-0.25, -0.2) is 0 Å². The summed E-state index contributed by atoms with van der Waals surface area (Å²) in [5.41, 5.74) is 0. The van der Waals surface area contributed by atoms with Gasteiger partial charge in [-0.05, 0) is 19.3 Å².